The molecule has 34 heavy (non-hydrogen) atoms. The summed E-state index contributed by atoms with van der Waals surface area (Å²) in [5.41, 5.74) is 0.411. The standard InChI is InChI=1S/C25H29F3N4O2/c1-4-19-10-11-20(34-5-2)16-32(19)23(29-3)24(33)31-14-17-12-30(13-18(17)15-31)22-9-7-6-8-21(22)25(26,27)28/h4,6-11,16-18H,5,12-15H2,1-3H3/b19-4-,29-23?/t17-,18+. The summed E-state index contributed by atoms with van der Waals surface area (Å²) in [6, 6.07) is 5.70. The molecule has 2 saturated heterocycles. The van der Waals surface area contributed by atoms with Crippen LogP contribution in [0.3, 0.4) is 0 Å². The lowest BCUT2D eigenvalue weighted by Gasteiger charge is -2.29. The molecule has 0 unspecified atom stereocenters. The van der Waals surface area contributed by atoms with Gasteiger partial charge in [-0.1, -0.05) is 18.2 Å². The molecule has 1 aromatic carbocycles. The lowest BCUT2D eigenvalue weighted by Crippen LogP contribution is -2.44. The van der Waals surface area contributed by atoms with Crippen molar-refractivity contribution in [1.82, 2.24) is 9.80 Å². The molecule has 3 heterocycles. The fraction of sp³-hybridized carbons (Fsp3) is 0.440. The van der Waals surface area contributed by atoms with Crippen molar-refractivity contribution in [3.63, 3.8) is 0 Å². The van der Waals surface area contributed by atoms with E-state index in [2.05, 4.69) is 4.99 Å². The predicted molar refractivity (Wildman–Crippen MR) is 125 cm³/mol. The summed E-state index contributed by atoms with van der Waals surface area (Å²) < 4.78 is 46.0. The van der Waals surface area contributed by atoms with E-state index in [1.54, 1.807) is 34.0 Å². The van der Waals surface area contributed by atoms with Crippen molar-refractivity contribution in [2.45, 2.75) is 20.0 Å². The average Bonchev–Trinajstić information content (AvgIpc) is 3.39. The Hall–Kier alpha value is -3.23. The van der Waals surface area contributed by atoms with Crippen LogP contribution >= 0.6 is 0 Å². The molecule has 0 spiro atoms. The number of allylic oxidation sites excluding steroid dienone is 3. The van der Waals surface area contributed by atoms with E-state index in [1.165, 1.54) is 12.1 Å². The number of anilines is 1. The van der Waals surface area contributed by atoms with Gasteiger partial charge in [-0.3, -0.25) is 14.7 Å². The first kappa shape index (κ1) is 23.9. The van der Waals surface area contributed by atoms with Crippen LogP contribution in [-0.4, -0.2) is 61.4 Å². The molecule has 3 aliphatic rings. The number of amidine groups is 1. The lowest BCUT2D eigenvalue weighted by atomic mass is 10.0. The Labute approximate surface area is 197 Å². The van der Waals surface area contributed by atoms with Crippen molar-refractivity contribution in [2.24, 2.45) is 16.8 Å². The molecule has 2 atom stereocenters. The van der Waals surface area contributed by atoms with Gasteiger partial charge in [0.25, 0.3) is 5.91 Å². The van der Waals surface area contributed by atoms with Crippen molar-refractivity contribution in [1.29, 1.82) is 0 Å². The quantitative estimate of drug-likeness (QED) is 0.485. The van der Waals surface area contributed by atoms with Crippen molar-refractivity contribution in [3.05, 3.63) is 65.7 Å². The second-order valence-electron chi connectivity index (χ2n) is 8.58. The smallest absolute Gasteiger partial charge is 0.418 e. The fourth-order valence-electron chi connectivity index (χ4n) is 4.96. The molecular weight excluding hydrogens is 445 g/mol. The topological polar surface area (TPSA) is 48.4 Å². The Balaban J connectivity index is 1.47. The maximum absolute atomic E-state index is 13.5. The number of amides is 1. The van der Waals surface area contributed by atoms with Gasteiger partial charge in [0.15, 0.2) is 5.84 Å². The second-order valence-corrected chi connectivity index (χ2v) is 8.58. The molecule has 1 amide bonds. The number of fused-ring (bicyclic) bond motifs is 1. The molecule has 2 fully saturated rings. The number of hydrogen-bond acceptors (Lipinski definition) is 4. The van der Waals surface area contributed by atoms with Gasteiger partial charge in [0.05, 0.1) is 18.4 Å². The van der Waals surface area contributed by atoms with Crippen LogP contribution in [-0.2, 0) is 15.7 Å². The number of likely N-dealkylation sites (tertiary alicyclic amines) is 1. The largest absolute Gasteiger partial charge is 0.492 e. The van der Waals surface area contributed by atoms with Gasteiger partial charge < -0.3 is 14.5 Å². The van der Waals surface area contributed by atoms with Crippen molar-refractivity contribution in [2.75, 3.05) is 44.7 Å². The maximum atomic E-state index is 13.5. The minimum Gasteiger partial charge on any atom is -0.492 e. The summed E-state index contributed by atoms with van der Waals surface area (Å²) in [4.78, 5) is 23.0. The van der Waals surface area contributed by atoms with Gasteiger partial charge in [-0.25, -0.2) is 0 Å². The van der Waals surface area contributed by atoms with E-state index in [-0.39, 0.29) is 29.3 Å². The number of rotatable bonds is 3. The molecule has 0 saturated carbocycles. The number of alkyl halides is 3. The highest BCUT2D eigenvalue weighted by molar-refractivity contribution is 6.38. The Morgan fingerprint density at radius 2 is 1.82 bits per heavy atom. The molecular formula is C25H29F3N4O2. The monoisotopic (exact) mass is 474 g/mol. The zero-order chi connectivity index (χ0) is 24.5. The van der Waals surface area contributed by atoms with Gasteiger partial charge in [0.2, 0.25) is 0 Å². The summed E-state index contributed by atoms with van der Waals surface area (Å²) >= 11 is 0. The normalized spacial score (nSPS) is 24.1. The minimum atomic E-state index is -4.40. The number of carbonyl (C=O) groups excluding carboxylic acids is 1. The molecule has 182 valence electrons. The first-order valence-corrected chi connectivity index (χ1v) is 11.4. The summed E-state index contributed by atoms with van der Waals surface area (Å²) in [6.45, 7) is 6.24. The number of hydrogen-bond donors (Lipinski definition) is 0. The average molecular weight is 475 g/mol. The third kappa shape index (κ3) is 4.56. The fourth-order valence-corrected chi connectivity index (χ4v) is 4.96. The van der Waals surface area contributed by atoms with E-state index >= 15 is 0 Å². The van der Waals surface area contributed by atoms with Gasteiger partial charge >= 0.3 is 6.18 Å². The molecule has 4 rings (SSSR count). The SMILES string of the molecule is C/C=C1/C=CC(OCC)=CN1C(=NC)C(=O)N1C[C@@H]2CN(c3ccccc3C(F)(F)F)C[C@@H]2C1. The Bertz CT molecular complexity index is 1050. The molecule has 9 heteroatoms. The number of carbonyl (C=O) groups is 1. The number of nitrogens with zero attached hydrogens (tertiary/aromatic N) is 4. The van der Waals surface area contributed by atoms with Crippen LogP contribution in [0, 0.1) is 11.8 Å². The van der Waals surface area contributed by atoms with Gasteiger partial charge in [-0.2, -0.15) is 13.2 Å². The van der Waals surface area contributed by atoms with Crippen LogP contribution in [0.1, 0.15) is 19.4 Å². The van der Waals surface area contributed by atoms with E-state index < -0.39 is 11.7 Å². The predicted octanol–water partition coefficient (Wildman–Crippen LogP) is 4.28. The zero-order valence-electron chi connectivity index (χ0n) is 19.5. The highest BCUT2D eigenvalue weighted by Crippen LogP contribution is 2.40. The van der Waals surface area contributed by atoms with Crippen molar-refractivity contribution in [3.8, 4) is 0 Å². The van der Waals surface area contributed by atoms with Gasteiger partial charge in [0, 0.05) is 56.4 Å². The Morgan fingerprint density at radius 1 is 1.15 bits per heavy atom. The molecule has 1 aromatic rings. The van der Waals surface area contributed by atoms with E-state index in [0.29, 0.717) is 38.5 Å². The maximum Gasteiger partial charge on any atom is 0.418 e. The third-order valence-electron chi connectivity index (χ3n) is 6.51. The van der Waals surface area contributed by atoms with Crippen molar-refractivity contribution < 1.29 is 22.7 Å². The highest BCUT2D eigenvalue weighted by Gasteiger charge is 2.45. The molecule has 0 N–H and O–H groups in total. The molecule has 3 aliphatic heterocycles. The van der Waals surface area contributed by atoms with Crippen LogP contribution in [0.15, 0.2) is 65.1 Å². The van der Waals surface area contributed by atoms with Gasteiger partial charge in [-0.05, 0) is 38.1 Å². The second kappa shape index (κ2) is 9.56. The Kier molecular flexibility index (Phi) is 6.72. The third-order valence-corrected chi connectivity index (χ3v) is 6.51. The van der Waals surface area contributed by atoms with E-state index in [0.717, 1.165) is 11.8 Å². The molecule has 6 nitrogen and oxygen atoms in total. The number of aliphatic imine (C=N–C) groups is 1. The van der Waals surface area contributed by atoms with Crippen LogP contribution in [0.4, 0.5) is 18.9 Å². The lowest BCUT2D eigenvalue weighted by molar-refractivity contribution is -0.137. The van der Waals surface area contributed by atoms with Crippen molar-refractivity contribution >= 4 is 17.4 Å². The minimum absolute atomic E-state index is 0.111. The number of para-hydroxylation sites is 1. The first-order chi connectivity index (χ1) is 16.3. The summed E-state index contributed by atoms with van der Waals surface area (Å²) in [7, 11) is 1.58. The van der Waals surface area contributed by atoms with Gasteiger partial charge in [-0.15, -0.1) is 0 Å². The summed E-state index contributed by atoms with van der Waals surface area (Å²) in [5, 5.41) is 0. The van der Waals surface area contributed by atoms with E-state index in [1.807, 2.05) is 32.1 Å². The number of benzene rings is 1. The van der Waals surface area contributed by atoms with Gasteiger partial charge in [0.1, 0.15) is 5.76 Å². The molecule has 0 radical (unpaired) electrons. The van der Waals surface area contributed by atoms with Crippen LogP contribution in [0.5, 0.6) is 0 Å². The van der Waals surface area contributed by atoms with Crippen LogP contribution < -0.4 is 4.90 Å². The van der Waals surface area contributed by atoms with Crippen LogP contribution in [0.25, 0.3) is 0 Å². The molecule has 0 aromatic heterocycles. The highest BCUT2D eigenvalue weighted by atomic mass is 19.4. The number of halogens is 3. The van der Waals surface area contributed by atoms with Crippen LogP contribution in [0.2, 0.25) is 0 Å². The zero-order valence-corrected chi connectivity index (χ0v) is 19.5. The number of ether oxygens (including phenoxy) is 1. The first-order valence-electron chi connectivity index (χ1n) is 11.4. The molecule has 0 aliphatic carbocycles. The summed E-state index contributed by atoms with van der Waals surface area (Å²) in [6.07, 6.45) is 2.97. The van der Waals surface area contributed by atoms with E-state index in [9.17, 15) is 18.0 Å². The molecule has 0 bridgehead atoms. The Morgan fingerprint density at radius 3 is 2.41 bits per heavy atom. The van der Waals surface area contributed by atoms with E-state index in [4.69, 9.17) is 4.74 Å². The summed E-state index contributed by atoms with van der Waals surface area (Å²) in [5.74, 6) is 0.953.